The minimum atomic E-state index is -0.602. The molecule has 2 N–H and O–H groups in total. The number of rotatable bonds is 9. The monoisotopic (exact) mass is 306 g/mol. The number of carbonyl (C=O) groups excluding carboxylic acids is 2. The third-order valence-electron chi connectivity index (χ3n) is 3.27. The molecule has 0 heterocycles. The fourth-order valence-electron chi connectivity index (χ4n) is 1.92. The first-order chi connectivity index (χ1) is 10.6. The quantitative estimate of drug-likeness (QED) is 0.689. The molecule has 0 aromatic heterocycles. The molecule has 1 aromatic rings. The van der Waals surface area contributed by atoms with Crippen molar-refractivity contribution < 1.29 is 14.3 Å². The van der Waals surface area contributed by atoms with E-state index >= 15 is 0 Å². The minimum Gasteiger partial charge on any atom is -0.445 e. The lowest BCUT2D eigenvalue weighted by Gasteiger charge is -2.14. The number of unbranched alkanes of at least 4 members (excludes halogenated alkanes) is 3. The number of hydrogen-bond donors (Lipinski definition) is 2. The van der Waals surface area contributed by atoms with Crippen molar-refractivity contribution in [3.63, 3.8) is 0 Å². The van der Waals surface area contributed by atoms with Crippen LogP contribution in [0.5, 0.6) is 0 Å². The van der Waals surface area contributed by atoms with Gasteiger partial charge in [0, 0.05) is 6.54 Å². The average Bonchev–Trinajstić information content (AvgIpc) is 2.53. The number of alkyl carbamates (subject to hydrolysis) is 1. The van der Waals surface area contributed by atoms with Crippen LogP contribution in [-0.4, -0.2) is 24.6 Å². The fourth-order valence-corrected chi connectivity index (χ4v) is 1.92. The minimum absolute atomic E-state index is 0.187. The van der Waals surface area contributed by atoms with Crippen LogP contribution in [0, 0.1) is 0 Å². The summed E-state index contributed by atoms with van der Waals surface area (Å²) >= 11 is 0. The standard InChI is InChI=1S/C17H26N2O3/c1-3-4-5-9-12-18-16(20)14(2)19-17(21)22-13-15-10-7-6-8-11-15/h6-8,10-11,14H,3-5,9,12-13H2,1-2H3,(H,18,20)(H,19,21). The van der Waals surface area contributed by atoms with Gasteiger partial charge in [-0.1, -0.05) is 56.5 Å². The number of carbonyl (C=O) groups is 2. The van der Waals surface area contributed by atoms with Crippen LogP contribution in [-0.2, 0) is 16.1 Å². The van der Waals surface area contributed by atoms with Gasteiger partial charge in [0.1, 0.15) is 12.6 Å². The van der Waals surface area contributed by atoms with Gasteiger partial charge in [-0.25, -0.2) is 4.79 Å². The van der Waals surface area contributed by atoms with Crippen molar-refractivity contribution in [2.45, 2.75) is 52.2 Å². The van der Waals surface area contributed by atoms with E-state index in [0.717, 1.165) is 18.4 Å². The van der Waals surface area contributed by atoms with Gasteiger partial charge in [-0.05, 0) is 18.9 Å². The largest absolute Gasteiger partial charge is 0.445 e. The number of benzene rings is 1. The predicted molar refractivity (Wildman–Crippen MR) is 86.4 cm³/mol. The van der Waals surface area contributed by atoms with Gasteiger partial charge in [0.2, 0.25) is 5.91 Å². The first kappa shape index (κ1) is 18.0. The molecule has 22 heavy (non-hydrogen) atoms. The number of hydrogen-bond acceptors (Lipinski definition) is 3. The van der Waals surface area contributed by atoms with E-state index in [1.54, 1.807) is 6.92 Å². The van der Waals surface area contributed by atoms with Crippen LogP contribution in [0.2, 0.25) is 0 Å². The van der Waals surface area contributed by atoms with E-state index in [1.807, 2.05) is 30.3 Å². The third-order valence-corrected chi connectivity index (χ3v) is 3.27. The Morgan fingerprint density at radius 2 is 1.86 bits per heavy atom. The van der Waals surface area contributed by atoms with Gasteiger partial charge >= 0.3 is 6.09 Å². The normalized spacial score (nSPS) is 11.5. The van der Waals surface area contributed by atoms with Crippen molar-refractivity contribution in [2.24, 2.45) is 0 Å². The van der Waals surface area contributed by atoms with Crippen LogP contribution in [0.15, 0.2) is 30.3 Å². The van der Waals surface area contributed by atoms with Crippen LogP contribution in [0.3, 0.4) is 0 Å². The van der Waals surface area contributed by atoms with Crippen LogP contribution in [0.25, 0.3) is 0 Å². The molecule has 122 valence electrons. The fraction of sp³-hybridized carbons (Fsp3) is 0.529. The second-order valence-corrected chi connectivity index (χ2v) is 5.28. The van der Waals surface area contributed by atoms with Gasteiger partial charge in [-0.3, -0.25) is 4.79 Å². The highest BCUT2D eigenvalue weighted by Crippen LogP contribution is 2.01. The van der Waals surface area contributed by atoms with Crippen LogP contribution < -0.4 is 10.6 Å². The summed E-state index contributed by atoms with van der Waals surface area (Å²) in [6.07, 6.45) is 3.83. The zero-order chi connectivity index (χ0) is 16.2. The Morgan fingerprint density at radius 3 is 2.55 bits per heavy atom. The van der Waals surface area contributed by atoms with Crippen molar-refractivity contribution >= 4 is 12.0 Å². The molecular weight excluding hydrogens is 280 g/mol. The van der Waals surface area contributed by atoms with Gasteiger partial charge in [-0.2, -0.15) is 0 Å². The molecule has 0 fully saturated rings. The summed E-state index contributed by atoms with van der Waals surface area (Å²) in [5.74, 6) is -0.187. The van der Waals surface area contributed by atoms with Crippen molar-refractivity contribution in [1.29, 1.82) is 0 Å². The summed E-state index contributed by atoms with van der Waals surface area (Å²) in [5.41, 5.74) is 0.908. The third kappa shape index (κ3) is 7.67. The summed E-state index contributed by atoms with van der Waals surface area (Å²) < 4.78 is 5.08. The molecule has 0 spiro atoms. The topological polar surface area (TPSA) is 67.4 Å². The Hall–Kier alpha value is -2.04. The van der Waals surface area contributed by atoms with Crippen LogP contribution in [0.4, 0.5) is 4.79 Å². The second kappa shape index (κ2) is 10.7. The molecule has 1 rings (SSSR count). The van der Waals surface area contributed by atoms with E-state index in [9.17, 15) is 9.59 Å². The maximum Gasteiger partial charge on any atom is 0.408 e. The molecule has 0 aliphatic heterocycles. The molecule has 0 radical (unpaired) electrons. The molecule has 5 nitrogen and oxygen atoms in total. The first-order valence-corrected chi connectivity index (χ1v) is 7.88. The van der Waals surface area contributed by atoms with Gasteiger partial charge in [0.25, 0.3) is 0 Å². The van der Waals surface area contributed by atoms with Crippen molar-refractivity contribution in [3.05, 3.63) is 35.9 Å². The SMILES string of the molecule is CCCCCCNC(=O)C(C)NC(=O)OCc1ccccc1. The lowest BCUT2D eigenvalue weighted by atomic mass is 10.2. The summed E-state index contributed by atoms with van der Waals surface area (Å²) in [6, 6.07) is 8.81. The summed E-state index contributed by atoms with van der Waals surface area (Å²) in [5, 5.41) is 5.34. The first-order valence-electron chi connectivity index (χ1n) is 7.88. The average molecular weight is 306 g/mol. The number of nitrogens with one attached hydrogen (secondary N) is 2. The van der Waals surface area contributed by atoms with Crippen molar-refractivity contribution in [1.82, 2.24) is 10.6 Å². The van der Waals surface area contributed by atoms with E-state index in [2.05, 4.69) is 17.6 Å². The molecule has 0 aliphatic carbocycles. The Bertz CT molecular complexity index is 448. The summed E-state index contributed by atoms with van der Waals surface area (Å²) in [4.78, 5) is 23.4. The van der Waals surface area contributed by atoms with E-state index in [-0.39, 0.29) is 12.5 Å². The van der Waals surface area contributed by atoms with Gasteiger partial charge in [0.15, 0.2) is 0 Å². The maximum atomic E-state index is 11.8. The van der Waals surface area contributed by atoms with Crippen LogP contribution >= 0.6 is 0 Å². The van der Waals surface area contributed by atoms with Gasteiger partial charge < -0.3 is 15.4 Å². The Kier molecular flexibility index (Phi) is 8.72. The molecule has 1 atom stereocenters. The zero-order valence-electron chi connectivity index (χ0n) is 13.4. The number of amides is 2. The van der Waals surface area contributed by atoms with Crippen LogP contribution in [0.1, 0.15) is 45.1 Å². The lowest BCUT2D eigenvalue weighted by Crippen LogP contribution is -2.45. The molecule has 0 bridgehead atoms. The van der Waals surface area contributed by atoms with Gasteiger partial charge in [-0.15, -0.1) is 0 Å². The molecule has 0 saturated heterocycles. The molecule has 0 saturated carbocycles. The molecular formula is C17H26N2O3. The van der Waals surface area contributed by atoms with Gasteiger partial charge in [0.05, 0.1) is 0 Å². The molecule has 1 aromatic carbocycles. The summed E-state index contributed by atoms with van der Waals surface area (Å²) in [7, 11) is 0. The van der Waals surface area contributed by atoms with Crippen molar-refractivity contribution in [2.75, 3.05) is 6.54 Å². The highest BCUT2D eigenvalue weighted by Gasteiger charge is 2.15. The Balaban J connectivity index is 2.18. The molecule has 0 aliphatic rings. The highest BCUT2D eigenvalue weighted by molar-refractivity contribution is 5.85. The molecule has 2 amide bonds. The predicted octanol–water partition coefficient (Wildman–Crippen LogP) is 3.00. The zero-order valence-corrected chi connectivity index (χ0v) is 13.4. The summed E-state index contributed by atoms with van der Waals surface area (Å²) in [6.45, 7) is 4.62. The second-order valence-electron chi connectivity index (χ2n) is 5.28. The maximum absolute atomic E-state index is 11.8. The van der Waals surface area contributed by atoms with E-state index in [1.165, 1.54) is 12.8 Å². The molecule has 5 heteroatoms. The smallest absolute Gasteiger partial charge is 0.408 e. The van der Waals surface area contributed by atoms with E-state index in [4.69, 9.17) is 4.74 Å². The lowest BCUT2D eigenvalue weighted by molar-refractivity contribution is -0.122. The van der Waals surface area contributed by atoms with E-state index in [0.29, 0.717) is 6.54 Å². The Labute approximate surface area is 132 Å². The highest BCUT2D eigenvalue weighted by atomic mass is 16.5. The Morgan fingerprint density at radius 1 is 1.14 bits per heavy atom. The molecule has 1 unspecified atom stereocenters. The van der Waals surface area contributed by atoms with E-state index < -0.39 is 12.1 Å². The van der Waals surface area contributed by atoms with Crippen molar-refractivity contribution in [3.8, 4) is 0 Å². The number of ether oxygens (including phenoxy) is 1.